The molecule has 2 aromatic heterocycles. The Bertz CT molecular complexity index is 546. The molecular formula is C10H13N3O2S2. The Hall–Kier alpha value is -1.18. The van der Waals surface area contributed by atoms with Gasteiger partial charge in [-0.1, -0.05) is 13.0 Å². The maximum atomic E-state index is 12.0. The van der Waals surface area contributed by atoms with Gasteiger partial charge in [-0.2, -0.15) is 5.10 Å². The van der Waals surface area contributed by atoms with E-state index in [9.17, 15) is 8.42 Å². The monoisotopic (exact) mass is 271 g/mol. The molecule has 0 spiro atoms. The molecule has 17 heavy (non-hydrogen) atoms. The molecule has 0 aliphatic carbocycles. The summed E-state index contributed by atoms with van der Waals surface area (Å²) >= 11 is 1.54. The van der Waals surface area contributed by atoms with Gasteiger partial charge in [0.25, 0.3) is 0 Å². The van der Waals surface area contributed by atoms with E-state index in [-0.39, 0.29) is 10.9 Å². The van der Waals surface area contributed by atoms with Crippen molar-refractivity contribution in [2.75, 3.05) is 0 Å². The number of thiophene rings is 1. The summed E-state index contributed by atoms with van der Waals surface area (Å²) in [6.45, 7) is 1.95. The number of nitrogens with one attached hydrogen (secondary N) is 2. The highest BCUT2D eigenvalue weighted by Gasteiger charge is 2.21. The van der Waals surface area contributed by atoms with Gasteiger partial charge in [-0.3, -0.25) is 5.10 Å². The lowest BCUT2D eigenvalue weighted by atomic mass is 10.2. The SMILES string of the molecule is CCC(NS(=O)(=O)c1cn[nH]c1)c1cccs1. The Morgan fingerprint density at radius 3 is 2.94 bits per heavy atom. The Labute approximate surface area is 104 Å². The molecule has 2 aromatic rings. The van der Waals surface area contributed by atoms with E-state index in [1.165, 1.54) is 12.4 Å². The standard InChI is InChI=1S/C10H13N3O2S2/c1-2-9(10-4-3-5-16-10)13-17(14,15)8-6-11-12-7-8/h3-7,9,13H,2H2,1H3,(H,11,12). The topological polar surface area (TPSA) is 74.8 Å². The molecule has 0 aromatic carbocycles. The second kappa shape index (κ2) is 4.99. The fraction of sp³-hybridized carbons (Fsp3) is 0.300. The Balaban J connectivity index is 2.20. The summed E-state index contributed by atoms with van der Waals surface area (Å²) in [5.74, 6) is 0. The number of hydrogen-bond donors (Lipinski definition) is 2. The van der Waals surface area contributed by atoms with Crippen molar-refractivity contribution in [3.8, 4) is 0 Å². The van der Waals surface area contributed by atoms with Crippen LogP contribution >= 0.6 is 11.3 Å². The zero-order chi connectivity index (χ0) is 12.3. The molecular weight excluding hydrogens is 258 g/mol. The van der Waals surface area contributed by atoms with E-state index >= 15 is 0 Å². The van der Waals surface area contributed by atoms with E-state index in [0.717, 1.165) is 4.88 Å². The van der Waals surface area contributed by atoms with Crippen LogP contribution in [-0.4, -0.2) is 18.6 Å². The molecule has 0 amide bonds. The normalized spacial score (nSPS) is 13.7. The van der Waals surface area contributed by atoms with Crippen molar-refractivity contribution >= 4 is 21.4 Å². The molecule has 0 aliphatic heterocycles. The number of aromatic nitrogens is 2. The van der Waals surface area contributed by atoms with Crippen LogP contribution < -0.4 is 4.72 Å². The van der Waals surface area contributed by atoms with E-state index < -0.39 is 10.0 Å². The van der Waals surface area contributed by atoms with E-state index in [1.807, 2.05) is 24.4 Å². The summed E-state index contributed by atoms with van der Waals surface area (Å²) in [4.78, 5) is 1.17. The molecule has 0 saturated heterocycles. The van der Waals surface area contributed by atoms with Crippen LogP contribution in [0.2, 0.25) is 0 Å². The summed E-state index contributed by atoms with van der Waals surface area (Å²) in [5, 5.41) is 8.07. The fourth-order valence-electron chi connectivity index (χ4n) is 1.47. The Kier molecular flexibility index (Phi) is 3.60. The second-order valence-electron chi connectivity index (χ2n) is 3.53. The predicted octanol–water partition coefficient (Wildman–Crippen LogP) is 1.90. The number of hydrogen-bond acceptors (Lipinski definition) is 4. The van der Waals surface area contributed by atoms with Crippen molar-refractivity contribution in [1.29, 1.82) is 0 Å². The van der Waals surface area contributed by atoms with E-state index in [2.05, 4.69) is 14.9 Å². The first-order valence-corrected chi connectivity index (χ1v) is 7.54. The lowest BCUT2D eigenvalue weighted by Crippen LogP contribution is -2.27. The van der Waals surface area contributed by atoms with Crippen LogP contribution in [0.1, 0.15) is 24.3 Å². The zero-order valence-electron chi connectivity index (χ0n) is 9.25. The van der Waals surface area contributed by atoms with Gasteiger partial charge in [0.1, 0.15) is 4.90 Å². The molecule has 0 fully saturated rings. The number of nitrogens with zero attached hydrogens (tertiary/aromatic N) is 1. The smallest absolute Gasteiger partial charge is 0.244 e. The average molecular weight is 271 g/mol. The molecule has 2 heterocycles. The third-order valence-corrected chi connectivity index (χ3v) is 4.80. The molecule has 92 valence electrons. The molecule has 0 saturated carbocycles. The molecule has 7 heteroatoms. The molecule has 2 N–H and O–H groups in total. The third kappa shape index (κ3) is 2.74. The minimum atomic E-state index is -3.49. The predicted molar refractivity (Wildman–Crippen MR) is 66.3 cm³/mol. The van der Waals surface area contributed by atoms with Gasteiger partial charge in [0.15, 0.2) is 0 Å². The van der Waals surface area contributed by atoms with Crippen LogP contribution in [0.5, 0.6) is 0 Å². The number of rotatable bonds is 5. The number of aromatic amines is 1. The summed E-state index contributed by atoms with van der Waals surface area (Å²) in [7, 11) is -3.49. The van der Waals surface area contributed by atoms with Gasteiger partial charge in [-0.15, -0.1) is 11.3 Å². The van der Waals surface area contributed by atoms with Crippen LogP contribution in [0.3, 0.4) is 0 Å². The van der Waals surface area contributed by atoms with Crippen LogP contribution in [0.4, 0.5) is 0 Å². The lowest BCUT2D eigenvalue weighted by molar-refractivity contribution is 0.553. The molecule has 5 nitrogen and oxygen atoms in total. The largest absolute Gasteiger partial charge is 0.284 e. The first-order valence-electron chi connectivity index (χ1n) is 5.18. The summed E-state index contributed by atoms with van der Waals surface area (Å²) in [6, 6.07) is 3.65. The van der Waals surface area contributed by atoms with Gasteiger partial charge < -0.3 is 0 Å². The fourth-order valence-corrected chi connectivity index (χ4v) is 3.61. The minimum Gasteiger partial charge on any atom is -0.284 e. The third-order valence-electron chi connectivity index (χ3n) is 2.38. The number of H-pyrrole nitrogens is 1. The van der Waals surface area contributed by atoms with Gasteiger partial charge in [-0.05, 0) is 17.9 Å². The molecule has 0 aliphatic rings. The van der Waals surface area contributed by atoms with Crippen LogP contribution in [-0.2, 0) is 10.0 Å². The van der Waals surface area contributed by atoms with Crippen molar-refractivity contribution in [2.24, 2.45) is 0 Å². The van der Waals surface area contributed by atoms with Crippen molar-refractivity contribution in [3.63, 3.8) is 0 Å². The van der Waals surface area contributed by atoms with Gasteiger partial charge in [-0.25, -0.2) is 13.1 Å². The molecule has 1 atom stereocenters. The van der Waals surface area contributed by atoms with Gasteiger partial charge in [0, 0.05) is 11.1 Å². The van der Waals surface area contributed by atoms with Crippen molar-refractivity contribution in [2.45, 2.75) is 24.3 Å². The molecule has 0 radical (unpaired) electrons. The molecule has 2 rings (SSSR count). The summed E-state index contributed by atoms with van der Waals surface area (Å²) in [5.41, 5.74) is 0. The van der Waals surface area contributed by atoms with Crippen molar-refractivity contribution in [3.05, 3.63) is 34.8 Å². The first kappa shape index (κ1) is 12.3. The molecule has 1 unspecified atom stereocenters. The maximum absolute atomic E-state index is 12.0. The highest BCUT2D eigenvalue weighted by molar-refractivity contribution is 7.89. The van der Waals surface area contributed by atoms with Crippen molar-refractivity contribution < 1.29 is 8.42 Å². The Morgan fingerprint density at radius 1 is 1.59 bits per heavy atom. The molecule has 0 bridgehead atoms. The first-order chi connectivity index (χ1) is 8.13. The van der Waals surface area contributed by atoms with E-state index in [4.69, 9.17) is 0 Å². The highest BCUT2D eigenvalue weighted by Crippen LogP contribution is 2.23. The number of sulfonamides is 1. The van der Waals surface area contributed by atoms with E-state index in [1.54, 1.807) is 11.3 Å². The van der Waals surface area contributed by atoms with Crippen LogP contribution in [0.25, 0.3) is 0 Å². The minimum absolute atomic E-state index is 0.160. The quantitative estimate of drug-likeness (QED) is 0.872. The van der Waals surface area contributed by atoms with Crippen molar-refractivity contribution in [1.82, 2.24) is 14.9 Å². The van der Waals surface area contributed by atoms with E-state index in [0.29, 0.717) is 6.42 Å². The van der Waals surface area contributed by atoms with Crippen LogP contribution in [0, 0.1) is 0 Å². The Morgan fingerprint density at radius 2 is 2.41 bits per heavy atom. The van der Waals surface area contributed by atoms with Gasteiger partial charge in [0.05, 0.1) is 12.2 Å². The lowest BCUT2D eigenvalue weighted by Gasteiger charge is -2.14. The van der Waals surface area contributed by atoms with Gasteiger partial charge in [0.2, 0.25) is 10.0 Å². The maximum Gasteiger partial charge on any atom is 0.244 e. The van der Waals surface area contributed by atoms with Crippen LogP contribution in [0.15, 0.2) is 34.8 Å². The average Bonchev–Trinajstić information content (AvgIpc) is 2.97. The zero-order valence-corrected chi connectivity index (χ0v) is 10.9. The van der Waals surface area contributed by atoms with Gasteiger partial charge >= 0.3 is 0 Å². The summed E-state index contributed by atoms with van der Waals surface area (Å²) in [6.07, 6.45) is 3.37. The highest BCUT2D eigenvalue weighted by atomic mass is 32.2. The summed E-state index contributed by atoms with van der Waals surface area (Å²) < 4.78 is 26.7. The second-order valence-corrected chi connectivity index (χ2v) is 6.22.